The Morgan fingerprint density at radius 3 is 1.59 bits per heavy atom. The monoisotopic (exact) mass is 841 g/mol. The van der Waals surface area contributed by atoms with Crippen molar-refractivity contribution in [2.45, 2.75) is 202 Å². The number of nitrogens with one attached hydrogen (secondary N) is 1. The van der Waals surface area contributed by atoms with Crippen LogP contribution in [-0.4, -0.2) is 193 Å². The van der Waals surface area contributed by atoms with Gasteiger partial charge >= 0.3 is 0 Å². The maximum absolute atomic E-state index is 12.5. The number of unbranched alkanes of at least 4 members (excludes halogenated alkanes) is 10. The molecule has 340 valence electrons. The summed E-state index contributed by atoms with van der Waals surface area (Å²) in [6, 6.07) is -0.960. The smallest absolute Gasteiger partial charge is 0.220 e. The molecule has 3 aliphatic rings. The molecule has 17 atom stereocenters. The standard InChI is InChI=1S/C39H71NO18/c1-3-5-6-7-8-9-10-11-12-13-14-15-17-23(44)22(40-27(45)16-4-2)21-53-37-33(51)30(48)35(25(19-42)55-37)58-39-34(52)31(49)36(26(20-43)56-39)57-38-32(50)29(47)28(46)24(18-41)54-38/h15,17,22-26,28-39,41-44,46-52H,3-14,16,18-21H2,1-2H3,(H,40,45)/b17-15+. The van der Waals surface area contributed by atoms with Crippen LogP contribution in [0.5, 0.6) is 0 Å². The predicted molar refractivity (Wildman–Crippen MR) is 203 cm³/mol. The molecular formula is C39H71NO18. The van der Waals surface area contributed by atoms with E-state index in [2.05, 4.69) is 12.2 Å². The van der Waals surface area contributed by atoms with Crippen molar-refractivity contribution < 1.29 is 89.4 Å². The molecule has 58 heavy (non-hydrogen) atoms. The first-order valence-corrected chi connectivity index (χ1v) is 20.9. The minimum Gasteiger partial charge on any atom is -0.394 e. The zero-order valence-electron chi connectivity index (χ0n) is 33.8. The van der Waals surface area contributed by atoms with Crippen LogP contribution in [0.3, 0.4) is 0 Å². The van der Waals surface area contributed by atoms with Crippen molar-refractivity contribution in [2.24, 2.45) is 0 Å². The highest BCUT2D eigenvalue weighted by atomic mass is 16.8. The predicted octanol–water partition coefficient (Wildman–Crippen LogP) is -2.04. The number of aliphatic hydroxyl groups excluding tert-OH is 11. The molecule has 0 radical (unpaired) electrons. The molecule has 3 saturated heterocycles. The van der Waals surface area contributed by atoms with E-state index in [0.717, 1.165) is 25.7 Å². The summed E-state index contributed by atoms with van der Waals surface area (Å²) in [7, 11) is 0. The number of hydrogen-bond acceptors (Lipinski definition) is 18. The first kappa shape index (κ1) is 50.9. The quantitative estimate of drug-likeness (QED) is 0.0330. The van der Waals surface area contributed by atoms with E-state index >= 15 is 0 Å². The molecule has 0 aromatic rings. The van der Waals surface area contributed by atoms with E-state index in [1.54, 1.807) is 6.08 Å². The van der Waals surface area contributed by atoms with Gasteiger partial charge in [-0.05, 0) is 19.3 Å². The Morgan fingerprint density at radius 1 is 0.603 bits per heavy atom. The second-order valence-electron chi connectivity index (χ2n) is 15.5. The van der Waals surface area contributed by atoms with Gasteiger partial charge in [0.15, 0.2) is 18.9 Å². The van der Waals surface area contributed by atoms with Crippen LogP contribution in [0.15, 0.2) is 12.2 Å². The maximum atomic E-state index is 12.5. The van der Waals surface area contributed by atoms with E-state index < -0.39 is 124 Å². The summed E-state index contributed by atoms with van der Waals surface area (Å²) >= 11 is 0. The molecule has 3 rings (SSSR count). The molecule has 0 spiro atoms. The number of hydrogen-bond donors (Lipinski definition) is 12. The Labute approximate surface area is 340 Å². The minimum atomic E-state index is -1.97. The Hall–Kier alpha value is -1.47. The summed E-state index contributed by atoms with van der Waals surface area (Å²) in [6.07, 6.45) is -9.82. The molecule has 0 aliphatic carbocycles. The summed E-state index contributed by atoms with van der Waals surface area (Å²) < 4.78 is 33.7. The van der Waals surface area contributed by atoms with E-state index in [9.17, 15) is 61.0 Å². The third-order valence-electron chi connectivity index (χ3n) is 10.8. The summed E-state index contributed by atoms with van der Waals surface area (Å²) in [5.74, 6) is -0.333. The molecule has 0 aromatic heterocycles. The van der Waals surface area contributed by atoms with Gasteiger partial charge in [-0.25, -0.2) is 0 Å². The maximum Gasteiger partial charge on any atom is 0.220 e. The largest absolute Gasteiger partial charge is 0.394 e. The highest BCUT2D eigenvalue weighted by Gasteiger charge is 2.53. The number of allylic oxidation sites excluding steroid dienone is 1. The molecule has 0 bridgehead atoms. The molecule has 3 fully saturated rings. The number of carbonyl (C=O) groups excluding carboxylic acids is 1. The Balaban J connectivity index is 1.56. The Bertz CT molecular complexity index is 1150. The fourth-order valence-corrected chi connectivity index (χ4v) is 7.23. The highest BCUT2D eigenvalue weighted by molar-refractivity contribution is 5.76. The summed E-state index contributed by atoms with van der Waals surface area (Å²) in [6.45, 7) is 1.26. The van der Waals surface area contributed by atoms with E-state index in [-0.39, 0.29) is 18.9 Å². The number of carbonyl (C=O) groups is 1. The van der Waals surface area contributed by atoms with Crippen LogP contribution in [-0.2, 0) is 33.2 Å². The van der Waals surface area contributed by atoms with E-state index in [1.807, 2.05) is 13.0 Å². The van der Waals surface area contributed by atoms with Crippen molar-refractivity contribution in [3.63, 3.8) is 0 Å². The van der Waals surface area contributed by atoms with Crippen LogP contribution >= 0.6 is 0 Å². The Morgan fingerprint density at radius 2 is 1.07 bits per heavy atom. The van der Waals surface area contributed by atoms with Gasteiger partial charge in [0.2, 0.25) is 5.91 Å². The van der Waals surface area contributed by atoms with Crippen LogP contribution in [0.1, 0.15) is 97.3 Å². The normalized spacial score (nSPS) is 36.9. The fraction of sp³-hybridized carbons (Fsp3) is 0.923. The molecule has 17 unspecified atom stereocenters. The fourth-order valence-electron chi connectivity index (χ4n) is 7.23. The van der Waals surface area contributed by atoms with Gasteiger partial charge in [-0.15, -0.1) is 0 Å². The highest BCUT2D eigenvalue weighted by Crippen LogP contribution is 2.32. The van der Waals surface area contributed by atoms with Gasteiger partial charge in [0, 0.05) is 6.42 Å². The molecule has 0 aromatic carbocycles. The van der Waals surface area contributed by atoms with Crippen LogP contribution in [0, 0.1) is 0 Å². The average molecular weight is 842 g/mol. The summed E-state index contributed by atoms with van der Waals surface area (Å²) in [5, 5.41) is 118. The van der Waals surface area contributed by atoms with Crippen molar-refractivity contribution in [2.75, 3.05) is 26.4 Å². The lowest BCUT2D eigenvalue weighted by atomic mass is 9.96. The Kier molecular flexibility index (Phi) is 23.5. The van der Waals surface area contributed by atoms with Gasteiger partial charge in [0.1, 0.15) is 73.2 Å². The second-order valence-corrected chi connectivity index (χ2v) is 15.5. The van der Waals surface area contributed by atoms with Gasteiger partial charge in [-0.1, -0.05) is 83.8 Å². The van der Waals surface area contributed by atoms with Gasteiger partial charge in [-0.3, -0.25) is 4.79 Å². The topological polar surface area (TPSA) is 307 Å². The second kappa shape index (κ2) is 26.8. The minimum absolute atomic E-state index is 0.194. The molecule has 19 nitrogen and oxygen atoms in total. The number of aliphatic hydroxyl groups is 11. The zero-order valence-corrected chi connectivity index (χ0v) is 33.8. The SMILES string of the molecule is CCCCCCCCCCCC/C=C/C(O)C(COC1OC(CO)C(OC2OC(CO)C(OC3OC(CO)C(O)C(O)C3O)C(O)C2O)C(O)C1O)NC(=O)CCC. The molecule has 19 heteroatoms. The van der Waals surface area contributed by atoms with Crippen molar-refractivity contribution in [3.05, 3.63) is 12.2 Å². The molecule has 3 aliphatic heterocycles. The lowest BCUT2D eigenvalue weighted by Crippen LogP contribution is -2.66. The summed E-state index contributed by atoms with van der Waals surface area (Å²) in [4.78, 5) is 12.5. The van der Waals surface area contributed by atoms with Crippen LogP contribution in [0.25, 0.3) is 0 Å². The summed E-state index contributed by atoms with van der Waals surface area (Å²) in [5.41, 5.74) is 0. The number of rotatable bonds is 26. The van der Waals surface area contributed by atoms with E-state index in [0.29, 0.717) is 6.42 Å². The first-order valence-electron chi connectivity index (χ1n) is 20.9. The van der Waals surface area contributed by atoms with E-state index in [4.69, 9.17) is 28.4 Å². The van der Waals surface area contributed by atoms with Crippen LogP contribution in [0.4, 0.5) is 0 Å². The van der Waals surface area contributed by atoms with Crippen LogP contribution in [0.2, 0.25) is 0 Å². The van der Waals surface area contributed by atoms with Gasteiger partial charge in [0.05, 0.1) is 38.6 Å². The molecule has 3 heterocycles. The molecular weight excluding hydrogens is 770 g/mol. The molecule has 12 N–H and O–H groups in total. The van der Waals surface area contributed by atoms with Crippen molar-refractivity contribution in [1.29, 1.82) is 0 Å². The van der Waals surface area contributed by atoms with Gasteiger partial charge < -0.3 is 89.9 Å². The van der Waals surface area contributed by atoms with Crippen molar-refractivity contribution in [1.82, 2.24) is 5.32 Å². The first-order chi connectivity index (χ1) is 27.8. The lowest BCUT2D eigenvalue weighted by molar-refractivity contribution is -0.379. The van der Waals surface area contributed by atoms with Crippen molar-refractivity contribution in [3.8, 4) is 0 Å². The van der Waals surface area contributed by atoms with Crippen molar-refractivity contribution >= 4 is 5.91 Å². The average Bonchev–Trinajstić information content (AvgIpc) is 3.21. The zero-order chi connectivity index (χ0) is 42.8. The van der Waals surface area contributed by atoms with Gasteiger partial charge in [-0.2, -0.15) is 0 Å². The number of ether oxygens (including phenoxy) is 6. The van der Waals surface area contributed by atoms with Crippen LogP contribution < -0.4 is 5.32 Å². The molecule has 1 amide bonds. The molecule has 0 saturated carbocycles. The third-order valence-corrected chi connectivity index (χ3v) is 10.8. The lowest BCUT2D eigenvalue weighted by Gasteiger charge is -2.48. The third kappa shape index (κ3) is 14.9. The number of amides is 1. The van der Waals surface area contributed by atoms with Gasteiger partial charge in [0.25, 0.3) is 0 Å². The van der Waals surface area contributed by atoms with E-state index in [1.165, 1.54) is 44.9 Å².